The van der Waals surface area contributed by atoms with E-state index in [1.165, 1.54) is 11.1 Å². The molecule has 2 radical (unpaired) electrons. The Morgan fingerprint density at radius 1 is 1.31 bits per heavy atom. The zero-order valence-electron chi connectivity index (χ0n) is 8.12. The smallest absolute Gasteiger partial charge is 0.103 e. The van der Waals surface area contributed by atoms with Crippen LogP contribution in [-0.2, 0) is 0 Å². The molecule has 0 spiro atoms. The zero-order valence-corrected chi connectivity index (χ0v) is 8.12. The van der Waals surface area contributed by atoms with Gasteiger partial charge in [-0.1, -0.05) is 42.0 Å². The molecule has 0 nitrogen and oxygen atoms in total. The number of allylic oxidation sites excluding steroid dienone is 2. The predicted molar refractivity (Wildman–Crippen MR) is 60.6 cm³/mol. The zero-order chi connectivity index (χ0) is 9.68. The number of hydrogen-bond donors (Lipinski definition) is 0. The first-order valence-electron chi connectivity index (χ1n) is 4.40. The van der Waals surface area contributed by atoms with E-state index in [0.717, 1.165) is 5.57 Å². The van der Waals surface area contributed by atoms with Crippen molar-refractivity contribution in [1.29, 1.82) is 0 Å². The van der Waals surface area contributed by atoms with Crippen LogP contribution in [0.1, 0.15) is 25.0 Å². The second-order valence-electron chi connectivity index (χ2n) is 2.94. The minimum atomic E-state index is 1.11. The highest BCUT2D eigenvalue weighted by atomic mass is 14.0. The summed E-state index contributed by atoms with van der Waals surface area (Å²) < 4.78 is 0. The highest BCUT2D eigenvalue weighted by Gasteiger charge is 1.97. The van der Waals surface area contributed by atoms with Crippen LogP contribution >= 0.6 is 0 Å². The number of benzene rings is 1. The van der Waals surface area contributed by atoms with E-state index in [0.29, 0.717) is 0 Å². The quantitative estimate of drug-likeness (QED) is 0.594. The lowest BCUT2D eigenvalue weighted by Gasteiger charge is -2.05. The molecule has 1 aromatic carbocycles. The second kappa shape index (κ2) is 4.71. The third-order valence-electron chi connectivity index (χ3n) is 1.98. The van der Waals surface area contributed by atoms with Gasteiger partial charge in [-0.25, -0.2) is 0 Å². The first-order chi connectivity index (χ1) is 6.29. The summed E-state index contributed by atoms with van der Waals surface area (Å²) in [4.78, 5) is 0. The summed E-state index contributed by atoms with van der Waals surface area (Å²) in [5, 5.41) is 0. The Labute approximate surface area is 81.4 Å². The molecule has 0 atom stereocenters. The van der Waals surface area contributed by atoms with E-state index < -0.39 is 0 Å². The van der Waals surface area contributed by atoms with E-state index in [-0.39, 0.29) is 0 Å². The Balaban J connectivity index is 3.19. The molecule has 0 unspecified atom stereocenters. The molecule has 0 N–H and O–H groups in total. The van der Waals surface area contributed by atoms with Gasteiger partial charge >= 0.3 is 0 Å². The molecule has 0 aliphatic heterocycles. The van der Waals surface area contributed by atoms with Crippen LogP contribution < -0.4 is 0 Å². The summed E-state index contributed by atoms with van der Waals surface area (Å²) >= 11 is 0. The molecular weight excluding hydrogens is 155 g/mol. The summed E-state index contributed by atoms with van der Waals surface area (Å²) in [6, 6.07) is 8.22. The van der Waals surface area contributed by atoms with Crippen LogP contribution in [0, 0.1) is 0 Å². The molecule has 0 saturated heterocycles. The standard InChI is InChI=1S/C12H13B/c1-3-6-11-7-4-5-8-12(11)10(2)9-13/h3-9H,1-2H3/b6-3-,10-9-. The van der Waals surface area contributed by atoms with E-state index in [4.69, 9.17) is 7.85 Å². The fourth-order valence-corrected chi connectivity index (χ4v) is 1.27. The van der Waals surface area contributed by atoms with Crippen LogP contribution in [0.4, 0.5) is 0 Å². The highest BCUT2D eigenvalue weighted by Crippen LogP contribution is 2.19. The molecule has 0 saturated carbocycles. The van der Waals surface area contributed by atoms with Crippen molar-refractivity contribution in [2.75, 3.05) is 0 Å². The fraction of sp³-hybridized carbons (Fsp3) is 0.167. The molecule has 0 aliphatic rings. The summed E-state index contributed by atoms with van der Waals surface area (Å²) in [6.07, 6.45) is 4.12. The fourth-order valence-electron chi connectivity index (χ4n) is 1.27. The van der Waals surface area contributed by atoms with E-state index in [1.807, 2.05) is 32.1 Å². The van der Waals surface area contributed by atoms with Gasteiger partial charge in [0.25, 0.3) is 0 Å². The van der Waals surface area contributed by atoms with Gasteiger partial charge in [-0.3, -0.25) is 0 Å². The molecule has 1 aromatic rings. The van der Waals surface area contributed by atoms with Crippen LogP contribution in [0.5, 0.6) is 0 Å². The number of hydrogen-bond acceptors (Lipinski definition) is 0. The molecule has 1 heteroatoms. The van der Waals surface area contributed by atoms with E-state index in [2.05, 4.69) is 18.2 Å². The van der Waals surface area contributed by atoms with Crippen LogP contribution in [0.25, 0.3) is 11.6 Å². The van der Waals surface area contributed by atoms with Crippen LogP contribution in [0.3, 0.4) is 0 Å². The van der Waals surface area contributed by atoms with Crippen molar-refractivity contribution in [2.45, 2.75) is 13.8 Å². The van der Waals surface area contributed by atoms with Gasteiger partial charge in [0.2, 0.25) is 0 Å². The van der Waals surface area contributed by atoms with Crippen molar-refractivity contribution in [3.05, 3.63) is 47.4 Å². The third kappa shape index (κ3) is 2.35. The Kier molecular flexibility index (Phi) is 3.57. The maximum atomic E-state index is 5.48. The molecule has 0 bridgehead atoms. The molecule has 0 fully saturated rings. The summed E-state index contributed by atoms with van der Waals surface area (Å²) in [5.41, 5.74) is 3.51. The predicted octanol–water partition coefficient (Wildman–Crippen LogP) is 3.25. The Bertz CT molecular complexity index is 335. The third-order valence-corrected chi connectivity index (χ3v) is 1.98. The van der Waals surface area contributed by atoms with Gasteiger partial charge in [0.1, 0.15) is 7.85 Å². The largest absolute Gasteiger partial charge is 0.128 e. The monoisotopic (exact) mass is 168 g/mol. The first-order valence-corrected chi connectivity index (χ1v) is 4.40. The van der Waals surface area contributed by atoms with Crippen molar-refractivity contribution in [1.82, 2.24) is 0 Å². The highest BCUT2D eigenvalue weighted by molar-refractivity contribution is 6.20. The molecular formula is C12H13B. The topological polar surface area (TPSA) is 0 Å². The van der Waals surface area contributed by atoms with Gasteiger partial charge in [0.15, 0.2) is 0 Å². The number of rotatable bonds is 2. The SMILES string of the molecule is [B]/C=C(/C)c1ccccc1/C=C\C. The lowest BCUT2D eigenvalue weighted by Crippen LogP contribution is -1.84. The molecule has 0 aliphatic carbocycles. The van der Waals surface area contributed by atoms with Gasteiger partial charge in [0.05, 0.1) is 0 Å². The van der Waals surface area contributed by atoms with Crippen molar-refractivity contribution >= 4 is 19.5 Å². The first kappa shape index (κ1) is 9.85. The van der Waals surface area contributed by atoms with E-state index in [9.17, 15) is 0 Å². The van der Waals surface area contributed by atoms with Crippen LogP contribution in [0.15, 0.2) is 36.3 Å². The Morgan fingerprint density at radius 3 is 2.62 bits per heavy atom. The summed E-state index contributed by atoms with van der Waals surface area (Å²) in [5.74, 6) is 1.64. The van der Waals surface area contributed by atoms with Crippen molar-refractivity contribution in [3.8, 4) is 0 Å². The summed E-state index contributed by atoms with van der Waals surface area (Å²) in [6.45, 7) is 4.03. The van der Waals surface area contributed by atoms with Crippen molar-refractivity contribution < 1.29 is 0 Å². The van der Waals surface area contributed by atoms with Crippen molar-refractivity contribution in [3.63, 3.8) is 0 Å². The van der Waals surface area contributed by atoms with Gasteiger partial charge in [-0.05, 0) is 25.0 Å². The lowest BCUT2D eigenvalue weighted by atomic mass is 9.95. The van der Waals surface area contributed by atoms with Crippen molar-refractivity contribution in [2.24, 2.45) is 0 Å². The van der Waals surface area contributed by atoms with E-state index >= 15 is 0 Å². The minimum absolute atomic E-state index is 1.11. The summed E-state index contributed by atoms with van der Waals surface area (Å²) in [7, 11) is 5.48. The maximum absolute atomic E-state index is 5.48. The van der Waals surface area contributed by atoms with Gasteiger partial charge in [-0.15, -0.1) is 5.98 Å². The van der Waals surface area contributed by atoms with Crippen LogP contribution in [0.2, 0.25) is 0 Å². The second-order valence-corrected chi connectivity index (χ2v) is 2.94. The average Bonchev–Trinajstić information content (AvgIpc) is 2.18. The Morgan fingerprint density at radius 2 is 2.00 bits per heavy atom. The van der Waals surface area contributed by atoms with Crippen LogP contribution in [-0.4, -0.2) is 7.85 Å². The Hall–Kier alpha value is -1.24. The molecule has 1 rings (SSSR count). The maximum Gasteiger partial charge on any atom is 0.103 e. The average molecular weight is 168 g/mol. The molecule has 64 valence electrons. The molecule has 0 aromatic heterocycles. The minimum Gasteiger partial charge on any atom is -0.128 e. The molecule has 0 heterocycles. The normalized spacial score (nSPS) is 12.3. The lowest BCUT2D eigenvalue weighted by molar-refractivity contribution is 1.54. The van der Waals surface area contributed by atoms with Gasteiger partial charge in [-0.2, -0.15) is 0 Å². The van der Waals surface area contributed by atoms with E-state index in [1.54, 1.807) is 5.98 Å². The molecule has 0 amide bonds. The van der Waals surface area contributed by atoms with Gasteiger partial charge in [0, 0.05) is 0 Å². The molecule has 13 heavy (non-hydrogen) atoms. The van der Waals surface area contributed by atoms with Gasteiger partial charge < -0.3 is 0 Å².